The summed E-state index contributed by atoms with van der Waals surface area (Å²) in [4.78, 5) is 18.9. The Morgan fingerprint density at radius 3 is 2.56 bits per heavy atom. The Balaban J connectivity index is 1.39. The number of anilines is 3. The maximum Gasteiger partial charge on any atom is 0.393 e. The largest absolute Gasteiger partial charge is 0.393 e. The fourth-order valence-corrected chi connectivity index (χ4v) is 6.11. The highest BCUT2D eigenvalue weighted by molar-refractivity contribution is 6.39. The summed E-state index contributed by atoms with van der Waals surface area (Å²) in [6.07, 6.45) is -0.897. The van der Waals surface area contributed by atoms with E-state index in [1.54, 1.807) is 40.8 Å². The molecule has 210 valence electrons. The molecule has 1 aromatic heterocycles. The van der Waals surface area contributed by atoms with Crippen molar-refractivity contribution in [2.45, 2.75) is 51.7 Å². The van der Waals surface area contributed by atoms with Crippen LogP contribution < -0.4 is 15.5 Å². The van der Waals surface area contributed by atoms with Gasteiger partial charge in [-0.05, 0) is 49.4 Å². The molecule has 0 spiro atoms. The minimum absolute atomic E-state index is 0.00701. The molecule has 2 aromatic carbocycles. The van der Waals surface area contributed by atoms with Crippen LogP contribution in [0.15, 0.2) is 24.3 Å². The van der Waals surface area contributed by atoms with E-state index in [1.165, 1.54) is 0 Å². The van der Waals surface area contributed by atoms with Gasteiger partial charge in [0, 0.05) is 32.1 Å². The summed E-state index contributed by atoms with van der Waals surface area (Å²) in [5, 5.41) is 7.24. The predicted octanol–water partition coefficient (Wildman–Crippen LogP) is 7.86. The molecule has 2 fully saturated rings. The van der Waals surface area contributed by atoms with E-state index in [9.17, 15) is 18.0 Å². The van der Waals surface area contributed by atoms with Gasteiger partial charge >= 0.3 is 6.18 Å². The summed E-state index contributed by atoms with van der Waals surface area (Å²) in [5.74, 6) is -0.954. The summed E-state index contributed by atoms with van der Waals surface area (Å²) >= 11 is 19.7. The van der Waals surface area contributed by atoms with Gasteiger partial charge in [-0.25, -0.2) is 4.98 Å². The predicted molar refractivity (Wildman–Crippen MR) is 150 cm³/mol. The minimum Gasteiger partial charge on any atom is -0.370 e. The van der Waals surface area contributed by atoms with Crippen LogP contribution in [0.1, 0.15) is 44.6 Å². The molecule has 2 N–H and O–H groups in total. The molecule has 5 rings (SSSR count). The normalized spacial score (nSPS) is 19.2. The number of rotatable bonds is 6. The highest BCUT2D eigenvalue weighted by Gasteiger charge is 2.42. The number of fused-ring (bicyclic) bond motifs is 1. The number of nitrogens with zero attached hydrogens (tertiary/aromatic N) is 3. The first-order valence-corrected chi connectivity index (χ1v) is 14.0. The number of hydrogen-bond donors (Lipinski definition) is 2. The fourth-order valence-electron chi connectivity index (χ4n) is 5.30. The number of carbonyl (C=O) groups is 1. The third kappa shape index (κ3) is 5.50. The maximum absolute atomic E-state index is 13.4. The average Bonchev–Trinajstić information content (AvgIpc) is 3.17. The third-order valence-corrected chi connectivity index (χ3v) is 9.08. The van der Waals surface area contributed by atoms with Crippen LogP contribution in [0.25, 0.3) is 11.0 Å². The summed E-state index contributed by atoms with van der Waals surface area (Å²) in [6, 6.07) is 6.90. The van der Waals surface area contributed by atoms with Crippen LogP contribution in [0, 0.1) is 11.3 Å². The van der Waals surface area contributed by atoms with Crippen molar-refractivity contribution in [2.24, 2.45) is 18.4 Å². The van der Waals surface area contributed by atoms with Crippen LogP contribution in [0.3, 0.4) is 0 Å². The van der Waals surface area contributed by atoms with Gasteiger partial charge in [0.2, 0.25) is 11.9 Å². The van der Waals surface area contributed by atoms with Crippen LogP contribution in [0.5, 0.6) is 0 Å². The molecule has 6 nitrogen and oxygen atoms in total. The van der Waals surface area contributed by atoms with E-state index in [-0.39, 0.29) is 30.8 Å². The number of aryl methyl sites for hydroxylation is 1. The first-order chi connectivity index (χ1) is 18.4. The molecule has 1 saturated carbocycles. The molecule has 39 heavy (non-hydrogen) atoms. The quantitative estimate of drug-likeness (QED) is 0.302. The number of halogens is 6. The fraction of sp³-hybridized carbons (Fsp3) is 0.481. The molecule has 0 radical (unpaired) electrons. The number of benzene rings is 2. The molecule has 1 atom stereocenters. The van der Waals surface area contributed by atoms with Crippen molar-refractivity contribution in [3.63, 3.8) is 0 Å². The second-order valence-corrected chi connectivity index (χ2v) is 11.9. The Hall–Kier alpha value is -2.36. The molecule has 0 bridgehead atoms. The highest BCUT2D eigenvalue weighted by atomic mass is 35.5. The smallest absolute Gasteiger partial charge is 0.370 e. The molecule has 1 saturated heterocycles. The Labute approximate surface area is 239 Å². The molecule has 1 aliphatic heterocycles. The number of carbonyl (C=O) groups excluding carboxylic acids is 1. The van der Waals surface area contributed by atoms with E-state index in [4.69, 9.17) is 34.8 Å². The zero-order valence-corrected chi connectivity index (χ0v) is 23.8. The van der Waals surface area contributed by atoms with Crippen LogP contribution in [-0.4, -0.2) is 34.7 Å². The van der Waals surface area contributed by atoms with E-state index >= 15 is 0 Å². The van der Waals surface area contributed by atoms with Gasteiger partial charge < -0.3 is 20.1 Å². The first-order valence-electron chi connectivity index (χ1n) is 12.9. The van der Waals surface area contributed by atoms with Crippen LogP contribution in [0.2, 0.25) is 15.1 Å². The van der Waals surface area contributed by atoms with E-state index in [0.29, 0.717) is 62.0 Å². The van der Waals surface area contributed by atoms with Crippen molar-refractivity contribution in [3.8, 4) is 0 Å². The van der Waals surface area contributed by atoms with Gasteiger partial charge in [0.05, 0.1) is 43.4 Å². The molecular weight excluding hydrogens is 574 g/mol. The van der Waals surface area contributed by atoms with Crippen LogP contribution in [-0.2, 0) is 18.4 Å². The Morgan fingerprint density at radius 2 is 1.90 bits per heavy atom. The van der Waals surface area contributed by atoms with Gasteiger partial charge in [0.1, 0.15) is 0 Å². The van der Waals surface area contributed by atoms with Gasteiger partial charge in [-0.3, -0.25) is 4.79 Å². The number of alkyl halides is 3. The van der Waals surface area contributed by atoms with Crippen molar-refractivity contribution in [3.05, 3.63) is 44.9 Å². The standard InChI is InChI=1S/C27H29Cl3F3N5O/c1-26(8-4-9-26)24(39)34-13-15-6-7-17(28)23(22(15)30)36-25-35-19-11-18(29)20(12-21(19)37(25)2)38-10-3-5-16(14-38)27(31,32)33/h6-7,11-12,16H,3-5,8-10,13-14H2,1-2H3,(H,34,39)(H,35,36). The third-order valence-electron chi connectivity index (χ3n) is 8.03. The van der Waals surface area contributed by atoms with Gasteiger partial charge in [-0.1, -0.05) is 54.2 Å². The van der Waals surface area contributed by atoms with E-state index in [2.05, 4.69) is 15.6 Å². The molecule has 2 heterocycles. The highest BCUT2D eigenvalue weighted by Crippen LogP contribution is 2.42. The average molecular weight is 603 g/mol. The molecule has 1 aliphatic carbocycles. The topological polar surface area (TPSA) is 62.2 Å². The van der Waals surface area contributed by atoms with Crippen molar-refractivity contribution in [1.29, 1.82) is 0 Å². The number of piperidine rings is 1. The van der Waals surface area contributed by atoms with Gasteiger partial charge in [0.15, 0.2) is 0 Å². The lowest BCUT2D eigenvalue weighted by molar-refractivity contribution is -0.176. The lowest BCUT2D eigenvalue weighted by atomic mass is 9.70. The Bertz CT molecular complexity index is 1420. The second-order valence-electron chi connectivity index (χ2n) is 10.7. The summed E-state index contributed by atoms with van der Waals surface area (Å²) in [5.41, 5.74) is 2.62. The van der Waals surface area contributed by atoms with E-state index in [1.807, 2.05) is 6.92 Å². The summed E-state index contributed by atoms with van der Waals surface area (Å²) in [6.45, 7) is 2.58. The van der Waals surface area contributed by atoms with Crippen molar-refractivity contribution >= 4 is 69.1 Å². The molecule has 1 amide bonds. The number of imidazole rings is 1. The second kappa shape index (κ2) is 10.6. The van der Waals surface area contributed by atoms with Crippen molar-refractivity contribution in [2.75, 3.05) is 23.3 Å². The molecule has 3 aromatic rings. The Kier molecular flexibility index (Phi) is 7.63. The van der Waals surface area contributed by atoms with Gasteiger partial charge in [-0.2, -0.15) is 13.2 Å². The van der Waals surface area contributed by atoms with E-state index in [0.717, 1.165) is 19.3 Å². The van der Waals surface area contributed by atoms with Crippen molar-refractivity contribution < 1.29 is 18.0 Å². The number of nitrogens with one attached hydrogen (secondary N) is 2. The number of amides is 1. The van der Waals surface area contributed by atoms with Gasteiger partial charge in [-0.15, -0.1) is 0 Å². The summed E-state index contributed by atoms with van der Waals surface area (Å²) in [7, 11) is 1.79. The minimum atomic E-state index is -4.25. The van der Waals surface area contributed by atoms with Crippen LogP contribution >= 0.6 is 34.8 Å². The van der Waals surface area contributed by atoms with E-state index < -0.39 is 12.1 Å². The van der Waals surface area contributed by atoms with Crippen molar-refractivity contribution in [1.82, 2.24) is 14.9 Å². The zero-order valence-electron chi connectivity index (χ0n) is 21.6. The van der Waals surface area contributed by atoms with Crippen LogP contribution in [0.4, 0.5) is 30.5 Å². The summed E-state index contributed by atoms with van der Waals surface area (Å²) < 4.78 is 41.9. The Morgan fingerprint density at radius 1 is 1.15 bits per heavy atom. The number of hydrogen-bond acceptors (Lipinski definition) is 4. The lowest BCUT2D eigenvalue weighted by Crippen LogP contribution is -2.43. The first kappa shape index (κ1) is 28.2. The molecular formula is C27H29Cl3F3N5O. The molecule has 12 heteroatoms. The molecule has 2 aliphatic rings. The zero-order chi connectivity index (χ0) is 28.1. The monoisotopic (exact) mass is 601 g/mol. The van der Waals surface area contributed by atoms with Gasteiger partial charge in [0.25, 0.3) is 0 Å². The maximum atomic E-state index is 13.4. The number of aromatic nitrogens is 2. The lowest BCUT2D eigenvalue weighted by Gasteiger charge is -2.36. The molecule has 1 unspecified atom stereocenters. The SMILES string of the molecule is Cn1c(Nc2c(Cl)ccc(CNC(=O)C3(C)CCC3)c2Cl)nc2cc(Cl)c(N3CCCC(C(F)(F)F)C3)cc21.